The monoisotopic (exact) mass is 213 g/mol. The zero-order valence-electron chi connectivity index (χ0n) is 8.78. The Labute approximate surface area is 90.1 Å². The maximum atomic E-state index is 5.43. The van der Waals surface area contributed by atoms with E-state index in [1.165, 1.54) is 24.2 Å². The number of aromatic nitrogens is 2. The molecule has 0 bridgehead atoms. The first-order valence-electron chi connectivity index (χ1n) is 5.22. The fraction of sp³-hybridized carbons (Fsp3) is 0.700. The Morgan fingerprint density at radius 3 is 3.07 bits per heavy atom. The van der Waals surface area contributed by atoms with Crippen LogP contribution in [-0.2, 0) is 6.54 Å². The van der Waals surface area contributed by atoms with Crippen LogP contribution in [0.2, 0.25) is 0 Å². The summed E-state index contributed by atoms with van der Waals surface area (Å²) in [6, 6.07) is 0. The van der Waals surface area contributed by atoms with Gasteiger partial charge in [0.2, 0.25) is 0 Å². The molecule has 14 heavy (non-hydrogen) atoms. The highest BCUT2D eigenvalue weighted by Crippen LogP contribution is 2.15. The summed E-state index contributed by atoms with van der Waals surface area (Å²) in [6.45, 7) is 3.98. The molecule has 0 amide bonds. The standard InChI is InChI=1S/C10H19N3S/c1-2-3-4-6-13-9-10(8-12-13)14-7-5-11/h8-9H,2-7,11H2,1H3. The molecule has 0 aromatic carbocycles. The van der Waals surface area contributed by atoms with Crippen molar-refractivity contribution in [1.82, 2.24) is 9.78 Å². The molecule has 0 fully saturated rings. The summed E-state index contributed by atoms with van der Waals surface area (Å²) in [6.07, 6.45) is 7.79. The minimum absolute atomic E-state index is 0.728. The van der Waals surface area contributed by atoms with Gasteiger partial charge in [-0.05, 0) is 6.42 Å². The Morgan fingerprint density at radius 2 is 2.36 bits per heavy atom. The highest BCUT2D eigenvalue weighted by Gasteiger charge is 1.97. The Kier molecular flexibility index (Phi) is 5.71. The molecule has 2 N–H and O–H groups in total. The maximum Gasteiger partial charge on any atom is 0.0625 e. The van der Waals surface area contributed by atoms with Crippen LogP contribution in [0.5, 0.6) is 0 Å². The van der Waals surface area contributed by atoms with Gasteiger partial charge in [0, 0.05) is 29.9 Å². The van der Waals surface area contributed by atoms with Gasteiger partial charge < -0.3 is 5.73 Å². The molecule has 0 saturated carbocycles. The lowest BCUT2D eigenvalue weighted by Crippen LogP contribution is -2.00. The van der Waals surface area contributed by atoms with Crippen molar-refractivity contribution in [3.8, 4) is 0 Å². The number of hydrogen-bond acceptors (Lipinski definition) is 3. The Morgan fingerprint density at radius 1 is 1.50 bits per heavy atom. The molecule has 4 heteroatoms. The van der Waals surface area contributed by atoms with Crippen LogP contribution >= 0.6 is 11.8 Å². The second kappa shape index (κ2) is 6.90. The highest BCUT2D eigenvalue weighted by molar-refractivity contribution is 7.99. The predicted molar refractivity (Wildman–Crippen MR) is 61.5 cm³/mol. The molecule has 80 valence electrons. The van der Waals surface area contributed by atoms with Crippen molar-refractivity contribution < 1.29 is 0 Å². The molecule has 0 unspecified atom stereocenters. The molecular weight excluding hydrogens is 194 g/mol. The van der Waals surface area contributed by atoms with E-state index in [0.717, 1.165) is 18.8 Å². The third kappa shape index (κ3) is 4.15. The number of rotatable bonds is 7. The molecule has 1 aromatic heterocycles. The predicted octanol–water partition coefficient (Wildman–Crippen LogP) is 2.12. The summed E-state index contributed by atoms with van der Waals surface area (Å²) < 4.78 is 2.02. The average molecular weight is 213 g/mol. The van der Waals surface area contributed by atoms with E-state index in [1.807, 2.05) is 10.9 Å². The van der Waals surface area contributed by atoms with Crippen LogP contribution in [0.15, 0.2) is 17.3 Å². The normalized spacial score (nSPS) is 10.7. The summed E-state index contributed by atoms with van der Waals surface area (Å²) in [5.41, 5.74) is 5.43. The number of nitrogens with zero attached hydrogens (tertiary/aromatic N) is 2. The number of thioether (sulfide) groups is 1. The van der Waals surface area contributed by atoms with E-state index in [0.29, 0.717) is 0 Å². The van der Waals surface area contributed by atoms with Gasteiger partial charge in [-0.1, -0.05) is 19.8 Å². The van der Waals surface area contributed by atoms with Crippen LogP contribution in [0, 0.1) is 0 Å². The summed E-state index contributed by atoms with van der Waals surface area (Å²) in [5.74, 6) is 0.973. The van der Waals surface area contributed by atoms with E-state index >= 15 is 0 Å². The van der Waals surface area contributed by atoms with Crippen molar-refractivity contribution in [2.75, 3.05) is 12.3 Å². The molecule has 0 spiro atoms. The molecular formula is C10H19N3S. The average Bonchev–Trinajstić information content (AvgIpc) is 2.63. The molecule has 0 saturated heterocycles. The van der Waals surface area contributed by atoms with Gasteiger partial charge in [-0.25, -0.2) is 0 Å². The second-order valence-corrected chi connectivity index (χ2v) is 4.45. The molecule has 1 rings (SSSR count). The molecule has 1 heterocycles. The van der Waals surface area contributed by atoms with Crippen molar-refractivity contribution in [3.63, 3.8) is 0 Å². The Balaban J connectivity index is 2.27. The number of unbranched alkanes of at least 4 members (excludes halogenated alkanes) is 2. The van der Waals surface area contributed by atoms with Gasteiger partial charge in [0.05, 0.1) is 6.20 Å². The van der Waals surface area contributed by atoms with Crippen LogP contribution in [-0.4, -0.2) is 22.1 Å². The quantitative estimate of drug-likeness (QED) is 0.557. The smallest absolute Gasteiger partial charge is 0.0625 e. The van der Waals surface area contributed by atoms with Gasteiger partial charge in [0.25, 0.3) is 0 Å². The zero-order valence-corrected chi connectivity index (χ0v) is 9.59. The molecule has 0 aliphatic heterocycles. The third-order valence-corrected chi connectivity index (χ3v) is 2.97. The minimum atomic E-state index is 0.728. The van der Waals surface area contributed by atoms with Gasteiger partial charge in [-0.3, -0.25) is 4.68 Å². The summed E-state index contributed by atoms with van der Waals surface area (Å²) in [5, 5.41) is 4.30. The van der Waals surface area contributed by atoms with Crippen LogP contribution in [0.3, 0.4) is 0 Å². The minimum Gasteiger partial charge on any atom is -0.330 e. The number of hydrogen-bond donors (Lipinski definition) is 1. The van der Waals surface area contributed by atoms with Crippen LogP contribution in [0.25, 0.3) is 0 Å². The summed E-state index contributed by atoms with van der Waals surface area (Å²) in [4.78, 5) is 1.23. The van der Waals surface area contributed by atoms with Gasteiger partial charge in [0.1, 0.15) is 0 Å². The summed E-state index contributed by atoms with van der Waals surface area (Å²) >= 11 is 1.77. The van der Waals surface area contributed by atoms with Gasteiger partial charge >= 0.3 is 0 Å². The topological polar surface area (TPSA) is 43.8 Å². The summed E-state index contributed by atoms with van der Waals surface area (Å²) in [7, 11) is 0. The molecule has 1 aromatic rings. The van der Waals surface area contributed by atoms with E-state index in [-0.39, 0.29) is 0 Å². The molecule has 0 aliphatic rings. The van der Waals surface area contributed by atoms with E-state index in [2.05, 4.69) is 18.2 Å². The van der Waals surface area contributed by atoms with Gasteiger partial charge in [-0.2, -0.15) is 5.10 Å². The fourth-order valence-corrected chi connectivity index (χ4v) is 1.91. The first-order chi connectivity index (χ1) is 6.86. The van der Waals surface area contributed by atoms with Crippen LogP contribution in [0.4, 0.5) is 0 Å². The van der Waals surface area contributed by atoms with Crippen molar-refractivity contribution in [1.29, 1.82) is 0 Å². The van der Waals surface area contributed by atoms with Crippen molar-refractivity contribution in [2.24, 2.45) is 5.73 Å². The van der Waals surface area contributed by atoms with Crippen molar-refractivity contribution in [3.05, 3.63) is 12.4 Å². The zero-order chi connectivity index (χ0) is 10.2. The number of aryl methyl sites for hydroxylation is 1. The number of nitrogens with two attached hydrogens (primary N) is 1. The van der Waals surface area contributed by atoms with E-state index in [1.54, 1.807) is 11.8 Å². The molecule has 0 atom stereocenters. The SMILES string of the molecule is CCCCCn1cc(SCCN)cn1. The van der Waals surface area contributed by atoms with E-state index < -0.39 is 0 Å². The molecule has 0 radical (unpaired) electrons. The lowest BCUT2D eigenvalue weighted by Gasteiger charge is -1.98. The second-order valence-electron chi connectivity index (χ2n) is 3.28. The van der Waals surface area contributed by atoms with E-state index in [4.69, 9.17) is 5.73 Å². The van der Waals surface area contributed by atoms with Gasteiger partial charge in [-0.15, -0.1) is 11.8 Å². The Hall–Kier alpha value is -0.480. The van der Waals surface area contributed by atoms with Crippen LogP contribution in [0.1, 0.15) is 26.2 Å². The lowest BCUT2D eigenvalue weighted by atomic mass is 10.2. The van der Waals surface area contributed by atoms with Crippen LogP contribution < -0.4 is 5.73 Å². The lowest BCUT2D eigenvalue weighted by molar-refractivity contribution is 0.552. The molecule has 0 aliphatic carbocycles. The third-order valence-electron chi connectivity index (χ3n) is 1.99. The van der Waals surface area contributed by atoms with Gasteiger partial charge in [0.15, 0.2) is 0 Å². The maximum absolute atomic E-state index is 5.43. The van der Waals surface area contributed by atoms with E-state index in [9.17, 15) is 0 Å². The molecule has 3 nitrogen and oxygen atoms in total. The largest absolute Gasteiger partial charge is 0.330 e. The highest BCUT2D eigenvalue weighted by atomic mass is 32.2. The Bertz CT molecular complexity index is 247. The van der Waals surface area contributed by atoms with Crippen molar-refractivity contribution >= 4 is 11.8 Å². The first kappa shape index (κ1) is 11.6. The van der Waals surface area contributed by atoms with Crippen molar-refractivity contribution in [2.45, 2.75) is 37.6 Å². The fourth-order valence-electron chi connectivity index (χ4n) is 1.24. The first-order valence-corrected chi connectivity index (χ1v) is 6.20.